The molecule has 10 heteroatoms. The quantitative estimate of drug-likeness (QED) is 0.544. The predicted octanol–water partition coefficient (Wildman–Crippen LogP) is 1.23. The molecule has 0 atom stereocenters. The molecule has 0 radical (unpaired) electrons. The number of carboxylic acids is 1. The number of non-ortho nitro benzene ring substituents is 2. The van der Waals surface area contributed by atoms with Crippen LogP contribution in [-0.4, -0.2) is 20.9 Å². The number of nitrogens with zero attached hydrogens (tertiary/aromatic N) is 2. The fourth-order valence-corrected chi connectivity index (χ4v) is 2.06. The Hall–Kier alpha value is -4.08. The molecule has 3 rings (SSSR count). The number of rotatable bonds is 3. The zero-order chi connectivity index (χ0) is 19.3. The van der Waals surface area contributed by atoms with Gasteiger partial charge in [0.25, 0.3) is 16.9 Å². The second-order valence-corrected chi connectivity index (χ2v) is 4.95. The van der Waals surface area contributed by atoms with Gasteiger partial charge in [0.15, 0.2) is 11.9 Å². The third-order valence-electron chi connectivity index (χ3n) is 3.23. The van der Waals surface area contributed by atoms with Crippen LogP contribution in [0.2, 0.25) is 0 Å². The number of aromatic carboxylic acids is 1. The third-order valence-corrected chi connectivity index (χ3v) is 3.23. The summed E-state index contributed by atoms with van der Waals surface area (Å²) in [6.07, 6.45) is 1.79. The van der Waals surface area contributed by atoms with Crippen LogP contribution >= 0.6 is 0 Å². The van der Waals surface area contributed by atoms with E-state index in [0.717, 1.165) is 10.9 Å². The Morgan fingerprint density at radius 2 is 1.54 bits per heavy atom. The molecule has 0 saturated carbocycles. The molecule has 0 aliphatic rings. The molecule has 3 aromatic rings. The van der Waals surface area contributed by atoms with Gasteiger partial charge in [-0.15, -0.1) is 0 Å². The molecule has 0 amide bonds. The average molecular weight is 357 g/mol. The number of benzene rings is 2. The van der Waals surface area contributed by atoms with Gasteiger partial charge >= 0.3 is 0 Å². The summed E-state index contributed by atoms with van der Waals surface area (Å²) in [4.78, 5) is 32.2. The molecular weight excluding hydrogens is 346 g/mol. The minimum absolute atomic E-state index is 0.295. The number of aromatic hydroxyl groups is 1. The minimum Gasteiger partial charge on any atom is -0.545 e. The van der Waals surface area contributed by atoms with Crippen molar-refractivity contribution in [2.24, 2.45) is 0 Å². The molecule has 10 nitrogen and oxygen atoms in total. The number of carboxylic acid groups (broad SMARTS) is 1. The van der Waals surface area contributed by atoms with Crippen molar-refractivity contribution in [1.82, 2.24) is 0 Å². The number of H-pyrrole nitrogens is 1. The highest BCUT2D eigenvalue weighted by Gasteiger charge is 2.16. The number of nitro benzene ring substituents is 2. The third kappa shape index (κ3) is 4.26. The number of pyridine rings is 1. The van der Waals surface area contributed by atoms with Crippen molar-refractivity contribution in [2.75, 3.05) is 0 Å². The normalized spacial score (nSPS) is 9.85. The average Bonchev–Trinajstić information content (AvgIpc) is 2.62. The van der Waals surface area contributed by atoms with E-state index in [1.165, 1.54) is 0 Å². The highest BCUT2D eigenvalue weighted by atomic mass is 16.6. The molecule has 0 spiro atoms. The van der Waals surface area contributed by atoms with E-state index in [2.05, 4.69) is 4.98 Å². The number of hydrogen-bond donors (Lipinski definition) is 1. The van der Waals surface area contributed by atoms with E-state index in [1.54, 1.807) is 12.3 Å². The highest BCUT2D eigenvalue weighted by molar-refractivity contribution is 5.87. The zero-order valence-electron chi connectivity index (χ0n) is 13.0. The van der Waals surface area contributed by atoms with Crippen LogP contribution < -0.4 is 10.1 Å². The Kier molecular flexibility index (Phi) is 5.38. The predicted molar refractivity (Wildman–Crippen MR) is 86.2 cm³/mol. The SMILES string of the molecule is O=C([O-])c1cc([N+](=O)[O-])cc([N+](=O)[O-])c1.Oc1cccc2ccc[nH+]c12. The highest BCUT2D eigenvalue weighted by Crippen LogP contribution is 2.22. The number of nitro groups is 2. The Bertz CT molecular complexity index is 920. The molecule has 1 heterocycles. The van der Waals surface area contributed by atoms with Crippen molar-refractivity contribution in [3.05, 3.63) is 80.5 Å². The molecule has 2 aromatic carbocycles. The zero-order valence-corrected chi connectivity index (χ0v) is 13.0. The van der Waals surface area contributed by atoms with E-state index < -0.39 is 32.8 Å². The van der Waals surface area contributed by atoms with Gasteiger partial charge in [0.1, 0.15) is 0 Å². The fraction of sp³-hybridized carbons (Fsp3) is 0. The summed E-state index contributed by atoms with van der Waals surface area (Å²) in [6, 6.07) is 11.4. The van der Waals surface area contributed by atoms with Gasteiger partial charge in [0.2, 0.25) is 0 Å². The first-order valence-electron chi connectivity index (χ1n) is 7.03. The maximum Gasteiger partial charge on any atom is 0.276 e. The van der Waals surface area contributed by atoms with E-state index in [4.69, 9.17) is 0 Å². The molecule has 0 fully saturated rings. The molecule has 1 aromatic heterocycles. The lowest BCUT2D eigenvalue weighted by atomic mass is 10.2. The molecule has 0 saturated heterocycles. The number of hydrogen-bond acceptors (Lipinski definition) is 7. The van der Waals surface area contributed by atoms with Crippen molar-refractivity contribution in [2.45, 2.75) is 0 Å². The van der Waals surface area contributed by atoms with Gasteiger partial charge in [0, 0.05) is 23.8 Å². The number of carbonyl (C=O) groups is 1. The Labute approximate surface area is 145 Å². The summed E-state index contributed by atoms with van der Waals surface area (Å²) < 4.78 is 0. The lowest BCUT2D eigenvalue weighted by Crippen LogP contribution is -2.22. The Morgan fingerprint density at radius 3 is 2.04 bits per heavy atom. The lowest BCUT2D eigenvalue weighted by molar-refractivity contribution is -0.394. The molecule has 26 heavy (non-hydrogen) atoms. The monoisotopic (exact) mass is 357 g/mol. The van der Waals surface area contributed by atoms with E-state index >= 15 is 0 Å². The smallest absolute Gasteiger partial charge is 0.276 e. The van der Waals surface area contributed by atoms with E-state index in [0.29, 0.717) is 23.9 Å². The van der Waals surface area contributed by atoms with Gasteiger partial charge in [-0.3, -0.25) is 20.2 Å². The lowest BCUT2D eigenvalue weighted by Gasteiger charge is -2.01. The molecule has 2 N–H and O–H groups in total. The van der Waals surface area contributed by atoms with E-state index in [9.17, 15) is 35.2 Å². The number of nitrogens with one attached hydrogen (secondary N) is 1. The molecule has 0 bridgehead atoms. The number of carbonyl (C=O) groups excluding carboxylic acids is 1. The number of phenols is 1. The van der Waals surface area contributed by atoms with Gasteiger partial charge in [-0.1, -0.05) is 6.07 Å². The van der Waals surface area contributed by atoms with Gasteiger partial charge in [-0.05, 0) is 18.2 Å². The first kappa shape index (κ1) is 18.3. The topological polar surface area (TPSA) is 161 Å². The van der Waals surface area contributed by atoms with Gasteiger partial charge in [0.05, 0.1) is 27.3 Å². The maximum atomic E-state index is 10.4. The number of fused-ring (bicyclic) bond motifs is 1. The summed E-state index contributed by atoms with van der Waals surface area (Å²) in [5.41, 5.74) is -1.14. The number of phenolic OH excluding ortho intramolecular Hbond substituents is 1. The molecule has 132 valence electrons. The molecule has 0 aliphatic heterocycles. The van der Waals surface area contributed by atoms with Crippen LogP contribution in [-0.2, 0) is 0 Å². The van der Waals surface area contributed by atoms with E-state index in [1.807, 2.05) is 24.3 Å². The van der Waals surface area contributed by atoms with Crippen molar-refractivity contribution in [3.63, 3.8) is 0 Å². The first-order valence-corrected chi connectivity index (χ1v) is 7.03. The standard InChI is InChI=1S/C9H7NO.C7H4N2O6/c11-8-5-1-3-7-4-2-6-10-9(7)8;10-7(11)4-1-5(8(12)13)3-6(2-4)9(14)15/h1-6,11H;1-3H,(H,10,11). The summed E-state index contributed by atoms with van der Waals surface area (Å²) in [7, 11) is 0. The summed E-state index contributed by atoms with van der Waals surface area (Å²) >= 11 is 0. The van der Waals surface area contributed by atoms with Crippen LogP contribution in [0.15, 0.2) is 54.7 Å². The molecule has 0 unspecified atom stereocenters. The van der Waals surface area contributed by atoms with Crippen LogP contribution in [0.25, 0.3) is 10.9 Å². The summed E-state index contributed by atoms with van der Waals surface area (Å²) in [5.74, 6) is -1.41. The summed E-state index contributed by atoms with van der Waals surface area (Å²) in [5, 5.41) is 41.4. The van der Waals surface area contributed by atoms with Crippen LogP contribution in [0.3, 0.4) is 0 Å². The second-order valence-electron chi connectivity index (χ2n) is 4.95. The minimum atomic E-state index is -1.71. The second kappa shape index (κ2) is 7.66. The fourth-order valence-electron chi connectivity index (χ4n) is 2.06. The van der Waals surface area contributed by atoms with Crippen LogP contribution in [0.5, 0.6) is 5.75 Å². The first-order chi connectivity index (χ1) is 12.3. The Balaban J connectivity index is 0.000000195. The molecular formula is C16H11N3O7. The number of aromatic nitrogens is 1. The van der Waals surface area contributed by atoms with Crippen LogP contribution in [0.4, 0.5) is 11.4 Å². The van der Waals surface area contributed by atoms with Gasteiger partial charge in [-0.25, -0.2) is 4.98 Å². The number of aromatic amines is 1. The Morgan fingerprint density at radius 1 is 0.962 bits per heavy atom. The van der Waals surface area contributed by atoms with Crippen molar-refractivity contribution in [3.8, 4) is 5.75 Å². The van der Waals surface area contributed by atoms with Crippen molar-refractivity contribution in [1.29, 1.82) is 0 Å². The molecule has 0 aliphatic carbocycles. The van der Waals surface area contributed by atoms with Crippen LogP contribution in [0, 0.1) is 20.2 Å². The van der Waals surface area contributed by atoms with Crippen molar-refractivity contribution < 1.29 is 29.8 Å². The largest absolute Gasteiger partial charge is 0.545 e. The van der Waals surface area contributed by atoms with E-state index in [-0.39, 0.29) is 0 Å². The summed E-state index contributed by atoms with van der Waals surface area (Å²) in [6.45, 7) is 0. The number of para-hydroxylation sites is 1. The maximum absolute atomic E-state index is 10.4. The van der Waals surface area contributed by atoms with Gasteiger partial charge < -0.3 is 15.0 Å². The van der Waals surface area contributed by atoms with Crippen molar-refractivity contribution >= 4 is 28.2 Å². The van der Waals surface area contributed by atoms with Crippen LogP contribution in [0.1, 0.15) is 10.4 Å². The van der Waals surface area contributed by atoms with Gasteiger partial charge in [-0.2, -0.15) is 0 Å².